The zero-order chi connectivity index (χ0) is 22.2. The molecule has 1 atom stereocenters. The fourth-order valence-electron chi connectivity index (χ4n) is 4.68. The Morgan fingerprint density at radius 1 is 1.09 bits per heavy atom. The van der Waals surface area contributed by atoms with Crippen LogP contribution in [0.2, 0.25) is 0 Å². The highest BCUT2D eigenvalue weighted by Gasteiger charge is 2.42. The number of rotatable bonds is 5. The van der Waals surface area contributed by atoms with E-state index in [1.54, 1.807) is 17.3 Å². The molecule has 0 radical (unpaired) electrons. The number of fused-ring (bicyclic) bond motifs is 2. The van der Waals surface area contributed by atoms with Gasteiger partial charge in [0.2, 0.25) is 5.76 Å². The number of nitrogens with zero attached hydrogens (tertiary/aromatic N) is 3. The summed E-state index contributed by atoms with van der Waals surface area (Å²) in [5.41, 5.74) is 3.62. The predicted molar refractivity (Wildman–Crippen MR) is 121 cm³/mol. The average Bonchev–Trinajstić information content (AvgIpc) is 3.09. The highest BCUT2D eigenvalue weighted by Crippen LogP contribution is 2.38. The third-order valence-electron chi connectivity index (χ3n) is 6.56. The van der Waals surface area contributed by atoms with Crippen LogP contribution in [-0.4, -0.2) is 60.1 Å². The van der Waals surface area contributed by atoms with Crippen LogP contribution < -0.4 is 5.43 Å². The van der Waals surface area contributed by atoms with Gasteiger partial charge in [-0.1, -0.05) is 6.07 Å². The van der Waals surface area contributed by atoms with Gasteiger partial charge < -0.3 is 14.1 Å². The predicted octanol–water partition coefficient (Wildman–Crippen LogP) is 3.07. The van der Waals surface area contributed by atoms with Crippen molar-refractivity contribution >= 4 is 16.9 Å². The number of carbonyl (C=O) groups excluding carboxylic acids is 1. The maximum absolute atomic E-state index is 13.6. The second kappa shape index (κ2) is 8.48. The molecule has 0 saturated carbocycles. The van der Waals surface area contributed by atoms with E-state index in [1.165, 1.54) is 0 Å². The number of ether oxygens (including phenoxy) is 1. The fraction of sp³-hybridized carbons (Fsp3) is 0.400. The number of aromatic nitrogens is 1. The first-order valence-corrected chi connectivity index (χ1v) is 11.1. The monoisotopic (exact) mass is 433 g/mol. The molecule has 0 bridgehead atoms. The number of hydrogen-bond donors (Lipinski definition) is 0. The first-order valence-electron chi connectivity index (χ1n) is 11.1. The first-order chi connectivity index (χ1) is 15.5. The lowest BCUT2D eigenvalue weighted by Crippen LogP contribution is -2.38. The van der Waals surface area contributed by atoms with Crippen molar-refractivity contribution in [1.29, 1.82) is 0 Å². The van der Waals surface area contributed by atoms with Crippen molar-refractivity contribution in [3.63, 3.8) is 0 Å². The Labute approximate surface area is 186 Å². The molecule has 0 unspecified atom stereocenters. The van der Waals surface area contributed by atoms with Gasteiger partial charge in [0.05, 0.1) is 30.2 Å². The topological polar surface area (TPSA) is 75.9 Å². The molecule has 7 nitrogen and oxygen atoms in total. The van der Waals surface area contributed by atoms with Gasteiger partial charge in [-0.2, -0.15) is 0 Å². The van der Waals surface area contributed by atoms with E-state index >= 15 is 0 Å². The van der Waals surface area contributed by atoms with Crippen molar-refractivity contribution < 1.29 is 13.9 Å². The van der Waals surface area contributed by atoms with Crippen LogP contribution in [0.5, 0.6) is 0 Å². The van der Waals surface area contributed by atoms with E-state index in [2.05, 4.69) is 9.88 Å². The Kier molecular flexibility index (Phi) is 5.53. The van der Waals surface area contributed by atoms with Crippen LogP contribution in [0, 0.1) is 13.8 Å². The number of carbonyl (C=O) groups is 1. The van der Waals surface area contributed by atoms with Crippen LogP contribution in [0.4, 0.5) is 0 Å². The molecule has 166 valence electrons. The van der Waals surface area contributed by atoms with Crippen LogP contribution in [0.15, 0.2) is 45.9 Å². The summed E-state index contributed by atoms with van der Waals surface area (Å²) < 4.78 is 11.5. The quantitative estimate of drug-likeness (QED) is 0.616. The zero-order valence-electron chi connectivity index (χ0n) is 18.5. The van der Waals surface area contributed by atoms with E-state index in [9.17, 15) is 9.59 Å². The third-order valence-corrected chi connectivity index (χ3v) is 6.56. The van der Waals surface area contributed by atoms with Gasteiger partial charge in [-0.15, -0.1) is 0 Å². The highest BCUT2D eigenvalue weighted by atomic mass is 16.5. The Morgan fingerprint density at radius 3 is 2.62 bits per heavy atom. The van der Waals surface area contributed by atoms with Crippen molar-refractivity contribution in [2.24, 2.45) is 0 Å². The fourth-order valence-corrected chi connectivity index (χ4v) is 4.68. The van der Waals surface area contributed by atoms with Crippen molar-refractivity contribution in [2.75, 3.05) is 39.4 Å². The summed E-state index contributed by atoms with van der Waals surface area (Å²) in [5, 5.41) is 0.517. The van der Waals surface area contributed by atoms with Gasteiger partial charge in [0.15, 0.2) is 5.43 Å². The lowest BCUT2D eigenvalue weighted by Gasteiger charge is -2.29. The normalized spacial score (nSPS) is 19.0. The highest BCUT2D eigenvalue weighted by molar-refractivity contribution is 5.99. The molecule has 32 heavy (non-hydrogen) atoms. The molecule has 2 aromatic heterocycles. The number of hydrogen-bond acceptors (Lipinski definition) is 6. The second-order valence-electron chi connectivity index (χ2n) is 8.60. The van der Waals surface area contributed by atoms with E-state index in [1.807, 2.05) is 38.1 Å². The zero-order valence-corrected chi connectivity index (χ0v) is 18.5. The molecular weight excluding hydrogens is 406 g/mol. The van der Waals surface area contributed by atoms with Crippen LogP contribution in [0.1, 0.15) is 45.3 Å². The molecule has 1 aromatic carbocycles. The summed E-state index contributed by atoms with van der Waals surface area (Å²) in [4.78, 5) is 35.4. The molecule has 3 aromatic rings. The molecule has 4 heterocycles. The van der Waals surface area contributed by atoms with Crippen molar-refractivity contribution in [3.8, 4) is 0 Å². The van der Waals surface area contributed by atoms with Crippen molar-refractivity contribution in [3.05, 3.63) is 74.9 Å². The molecule has 1 fully saturated rings. The van der Waals surface area contributed by atoms with Gasteiger partial charge in [0.1, 0.15) is 5.58 Å². The number of pyridine rings is 1. The van der Waals surface area contributed by atoms with Gasteiger partial charge in [-0.3, -0.25) is 19.5 Å². The van der Waals surface area contributed by atoms with E-state index in [0.29, 0.717) is 23.1 Å². The first kappa shape index (κ1) is 20.8. The summed E-state index contributed by atoms with van der Waals surface area (Å²) in [7, 11) is 0. The average molecular weight is 434 g/mol. The molecule has 7 heteroatoms. The van der Waals surface area contributed by atoms with Crippen molar-refractivity contribution in [1.82, 2.24) is 14.8 Å². The van der Waals surface area contributed by atoms with E-state index < -0.39 is 6.04 Å². The van der Waals surface area contributed by atoms with Crippen LogP contribution in [-0.2, 0) is 4.74 Å². The SMILES string of the molecule is Cc1cc2oc3c(c(=O)c2cc1C)[C@@H](c1cccnc1)N(CCCN1CCOCC1)C3=O. The Bertz CT molecular complexity index is 1220. The summed E-state index contributed by atoms with van der Waals surface area (Å²) >= 11 is 0. The maximum atomic E-state index is 13.6. The van der Waals surface area contributed by atoms with Crippen LogP contribution in [0.3, 0.4) is 0 Å². The number of amides is 1. The van der Waals surface area contributed by atoms with E-state index in [-0.39, 0.29) is 17.1 Å². The largest absolute Gasteiger partial charge is 0.450 e. The molecule has 0 aliphatic carbocycles. The maximum Gasteiger partial charge on any atom is 0.290 e. The Balaban J connectivity index is 1.54. The van der Waals surface area contributed by atoms with Gasteiger partial charge in [0.25, 0.3) is 5.91 Å². The molecule has 0 N–H and O–H groups in total. The van der Waals surface area contributed by atoms with E-state index in [0.717, 1.165) is 56.0 Å². The standard InChI is InChI=1S/C25H27N3O4/c1-16-13-19-20(14-17(16)2)32-24-21(23(19)29)22(18-5-3-6-26-15-18)28(25(24)30)8-4-7-27-9-11-31-12-10-27/h3,5-6,13-15,22H,4,7-12H2,1-2H3/t22-/m1/s1. The second-order valence-corrected chi connectivity index (χ2v) is 8.60. The summed E-state index contributed by atoms with van der Waals surface area (Å²) in [6.07, 6.45) is 4.23. The lowest BCUT2D eigenvalue weighted by atomic mass is 9.98. The Hall–Kier alpha value is -3.03. The van der Waals surface area contributed by atoms with Gasteiger partial charge in [0, 0.05) is 38.6 Å². The molecule has 2 aliphatic heterocycles. The van der Waals surface area contributed by atoms with Gasteiger partial charge >= 0.3 is 0 Å². The third kappa shape index (κ3) is 3.61. The number of morpholine rings is 1. The lowest BCUT2D eigenvalue weighted by molar-refractivity contribution is 0.0353. The molecule has 1 amide bonds. The molecule has 5 rings (SSSR count). The minimum atomic E-state index is -0.488. The Morgan fingerprint density at radius 2 is 1.88 bits per heavy atom. The van der Waals surface area contributed by atoms with Crippen molar-refractivity contribution in [2.45, 2.75) is 26.3 Å². The minimum absolute atomic E-state index is 0.137. The minimum Gasteiger partial charge on any atom is -0.450 e. The van der Waals surface area contributed by atoms with Gasteiger partial charge in [-0.05, 0) is 55.2 Å². The van der Waals surface area contributed by atoms with Gasteiger partial charge in [-0.25, -0.2) is 0 Å². The molecule has 0 spiro atoms. The number of aryl methyl sites for hydroxylation is 2. The smallest absolute Gasteiger partial charge is 0.290 e. The summed E-state index contributed by atoms with van der Waals surface area (Å²) in [6.45, 7) is 8.67. The van der Waals surface area contributed by atoms with E-state index in [4.69, 9.17) is 9.15 Å². The number of benzene rings is 1. The summed E-state index contributed by atoms with van der Waals surface area (Å²) in [6, 6.07) is 6.97. The molecular formula is C25H27N3O4. The molecule has 1 saturated heterocycles. The van der Waals surface area contributed by atoms with Crippen LogP contribution in [0.25, 0.3) is 11.0 Å². The van der Waals surface area contributed by atoms with Crippen LogP contribution >= 0.6 is 0 Å². The molecule has 2 aliphatic rings. The summed E-state index contributed by atoms with van der Waals surface area (Å²) in [5.74, 6) is -0.0703.